The van der Waals surface area contributed by atoms with Crippen LogP contribution in [0.2, 0.25) is 0 Å². The zero-order chi connectivity index (χ0) is 18.6. The molecule has 134 valence electrons. The van der Waals surface area contributed by atoms with E-state index >= 15 is 0 Å². The van der Waals surface area contributed by atoms with Gasteiger partial charge in [-0.05, 0) is 18.6 Å². The lowest BCUT2D eigenvalue weighted by molar-refractivity contribution is -0.142. The molecule has 1 amide bonds. The zero-order valence-corrected chi connectivity index (χ0v) is 14.3. The first-order valence-corrected chi connectivity index (χ1v) is 7.83. The molecule has 1 aromatic heterocycles. The van der Waals surface area contributed by atoms with E-state index < -0.39 is 11.9 Å². The van der Waals surface area contributed by atoms with Crippen molar-refractivity contribution < 1.29 is 23.6 Å². The highest BCUT2D eigenvalue weighted by Crippen LogP contribution is 2.19. The summed E-state index contributed by atoms with van der Waals surface area (Å²) in [6.45, 7) is 3.33. The first-order valence-electron chi connectivity index (χ1n) is 7.83. The van der Waals surface area contributed by atoms with Crippen LogP contribution in [0.4, 0.5) is 4.39 Å². The van der Waals surface area contributed by atoms with E-state index in [-0.39, 0.29) is 42.8 Å². The fourth-order valence-corrected chi connectivity index (χ4v) is 2.20. The number of hydrogen-bond donors (Lipinski definition) is 1. The Morgan fingerprint density at radius 3 is 2.76 bits per heavy atom. The molecule has 0 aliphatic heterocycles. The lowest BCUT2D eigenvalue weighted by atomic mass is 10.1. The van der Waals surface area contributed by atoms with Crippen molar-refractivity contribution in [2.75, 3.05) is 13.6 Å². The number of amides is 1. The summed E-state index contributed by atoms with van der Waals surface area (Å²) in [5.41, 5.74) is 1.02. The molecule has 1 aromatic carbocycles. The van der Waals surface area contributed by atoms with Crippen molar-refractivity contribution in [3.63, 3.8) is 0 Å². The van der Waals surface area contributed by atoms with Crippen LogP contribution >= 0.6 is 0 Å². The Balaban J connectivity index is 1.94. The van der Waals surface area contributed by atoms with E-state index in [2.05, 4.69) is 10.1 Å². The fourth-order valence-electron chi connectivity index (χ4n) is 2.20. The minimum Gasteiger partial charge on any atom is -0.481 e. The molecule has 0 saturated carbocycles. The number of aryl methyl sites for hydroxylation is 2. The normalized spacial score (nSPS) is 12.0. The van der Waals surface area contributed by atoms with Crippen molar-refractivity contribution in [2.45, 2.75) is 26.7 Å². The smallest absolute Gasteiger partial charge is 0.308 e. The molecule has 0 fully saturated rings. The van der Waals surface area contributed by atoms with Gasteiger partial charge in [0.05, 0.1) is 5.92 Å². The van der Waals surface area contributed by atoms with Gasteiger partial charge in [0, 0.05) is 32.0 Å². The van der Waals surface area contributed by atoms with Gasteiger partial charge in [0.2, 0.25) is 17.6 Å². The fraction of sp³-hybridized carbons (Fsp3) is 0.412. The van der Waals surface area contributed by atoms with Crippen molar-refractivity contribution in [1.29, 1.82) is 0 Å². The molecule has 0 bridgehead atoms. The summed E-state index contributed by atoms with van der Waals surface area (Å²) in [6, 6.07) is 4.65. The van der Waals surface area contributed by atoms with Gasteiger partial charge in [0.1, 0.15) is 5.82 Å². The van der Waals surface area contributed by atoms with E-state index in [0.717, 1.165) is 0 Å². The second-order valence-corrected chi connectivity index (χ2v) is 5.99. The molecule has 2 rings (SSSR count). The van der Waals surface area contributed by atoms with Crippen molar-refractivity contribution >= 4 is 11.9 Å². The number of carboxylic acids is 1. The highest BCUT2D eigenvalue weighted by atomic mass is 19.1. The summed E-state index contributed by atoms with van der Waals surface area (Å²) < 4.78 is 18.7. The molecule has 1 heterocycles. The molecule has 1 atom stereocenters. The van der Waals surface area contributed by atoms with E-state index in [1.54, 1.807) is 26.1 Å². The number of rotatable bonds is 7. The standard InChI is InChI=1S/C17H20FN3O4/c1-10-4-5-12(8-13(10)18)16-19-14(25-20-16)6-7-15(22)21(3)9-11(2)17(23)24/h4-5,8,11H,6-7,9H2,1-3H3,(H,23,24). The predicted molar refractivity (Wildman–Crippen MR) is 87.2 cm³/mol. The number of benzene rings is 1. The Kier molecular flexibility index (Phi) is 5.84. The predicted octanol–water partition coefficient (Wildman–Crippen LogP) is 2.30. The van der Waals surface area contributed by atoms with Crippen LogP contribution in [0.25, 0.3) is 11.4 Å². The second-order valence-electron chi connectivity index (χ2n) is 5.99. The molecule has 2 aromatic rings. The minimum atomic E-state index is -0.952. The molecule has 0 spiro atoms. The van der Waals surface area contributed by atoms with Crippen molar-refractivity contribution in [3.8, 4) is 11.4 Å². The second kappa shape index (κ2) is 7.87. The lowest BCUT2D eigenvalue weighted by Gasteiger charge is -2.18. The third kappa shape index (κ3) is 4.85. The number of halogens is 1. The number of aromatic nitrogens is 2. The van der Waals surface area contributed by atoms with Crippen LogP contribution in [0, 0.1) is 18.7 Å². The van der Waals surface area contributed by atoms with Crippen LogP contribution in [0.3, 0.4) is 0 Å². The maximum absolute atomic E-state index is 13.6. The van der Waals surface area contributed by atoms with Crippen LogP contribution in [0.5, 0.6) is 0 Å². The van der Waals surface area contributed by atoms with Crippen LogP contribution in [0.15, 0.2) is 22.7 Å². The lowest BCUT2D eigenvalue weighted by Crippen LogP contribution is -2.33. The number of carbonyl (C=O) groups is 2. The van der Waals surface area contributed by atoms with Gasteiger partial charge in [-0.2, -0.15) is 4.98 Å². The van der Waals surface area contributed by atoms with E-state index in [1.165, 1.54) is 17.9 Å². The van der Waals surface area contributed by atoms with Gasteiger partial charge < -0.3 is 14.5 Å². The topological polar surface area (TPSA) is 96.5 Å². The van der Waals surface area contributed by atoms with Crippen LogP contribution < -0.4 is 0 Å². The van der Waals surface area contributed by atoms with Gasteiger partial charge >= 0.3 is 5.97 Å². The van der Waals surface area contributed by atoms with Crippen LogP contribution in [0.1, 0.15) is 24.8 Å². The molecule has 7 nitrogen and oxygen atoms in total. The Hall–Kier alpha value is -2.77. The summed E-state index contributed by atoms with van der Waals surface area (Å²) in [7, 11) is 1.55. The van der Waals surface area contributed by atoms with Gasteiger partial charge in [-0.15, -0.1) is 0 Å². The van der Waals surface area contributed by atoms with Gasteiger partial charge in [-0.25, -0.2) is 4.39 Å². The first kappa shape index (κ1) is 18.6. The van der Waals surface area contributed by atoms with E-state index in [4.69, 9.17) is 9.63 Å². The number of aliphatic carboxylic acids is 1. The molecule has 0 aliphatic rings. The van der Waals surface area contributed by atoms with Crippen molar-refractivity contribution in [2.24, 2.45) is 5.92 Å². The molecular formula is C17H20FN3O4. The Bertz CT molecular complexity index is 775. The van der Waals surface area contributed by atoms with E-state index in [1.807, 2.05) is 0 Å². The zero-order valence-electron chi connectivity index (χ0n) is 14.3. The van der Waals surface area contributed by atoms with E-state index in [0.29, 0.717) is 11.1 Å². The molecule has 0 aliphatic carbocycles. The van der Waals surface area contributed by atoms with Gasteiger partial charge in [-0.1, -0.05) is 24.2 Å². The van der Waals surface area contributed by atoms with Crippen LogP contribution in [-0.4, -0.2) is 45.6 Å². The maximum Gasteiger partial charge on any atom is 0.308 e. The number of nitrogens with zero attached hydrogens (tertiary/aromatic N) is 3. The Morgan fingerprint density at radius 2 is 2.12 bits per heavy atom. The molecular weight excluding hydrogens is 329 g/mol. The van der Waals surface area contributed by atoms with Crippen molar-refractivity contribution in [3.05, 3.63) is 35.5 Å². The van der Waals surface area contributed by atoms with Gasteiger partial charge in [0.25, 0.3) is 0 Å². The Labute approximate surface area is 144 Å². The molecule has 0 saturated heterocycles. The average molecular weight is 349 g/mol. The monoisotopic (exact) mass is 349 g/mol. The quantitative estimate of drug-likeness (QED) is 0.824. The molecule has 25 heavy (non-hydrogen) atoms. The number of carbonyl (C=O) groups excluding carboxylic acids is 1. The van der Waals surface area contributed by atoms with Crippen LogP contribution in [-0.2, 0) is 16.0 Å². The number of hydrogen-bond acceptors (Lipinski definition) is 5. The summed E-state index contributed by atoms with van der Waals surface area (Å²) in [6.07, 6.45) is 0.346. The average Bonchev–Trinajstić information content (AvgIpc) is 3.03. The van der Waals surface area contributed by atoms with Gasteiger partial charge in [-0.3, -0.25) is 9.59 Å². The summed E-state index contributed by atoms with van der Waals surface area (Å²) in [5.74, 6) is -1.63. The maximum atomic E-state index is 13.6. The van der Waals surface area contributed by atoms with Gasteiger partial charge in [0.15, 0.2) is 0 Å². The summed E-state index contributed by atoms with van der Waals surface area (Å²) >= 11 is 0. The minimum absolute atomic E-state index is 0.118. The highest BCUT2D eigenvalue weighted by Gasteiger charge is 2.18. The molecule has 0 radical (unpaired) electrons. The number of carboxylic acid groups (broad SMARTS) is 1. The largest absolute Gasteiger partial charge is 0.481 e. The molecule has 8 heteroatoms. The highest BCUT2D eigenvalue weighted by molar-refractivity contribution is 5.77. The molecule has 1 unspecified atom stereocenters. The Morgan fingerprint density at radius 1 is 1.40 bits per heavy atom. The SMILES string of the molecule is Cc1ccc(-c2noc(CCC(=O)N(C)CC(C)C(=O)O)n2)cc1F. The van der Waals surface area contributed by atoms with Crippen molar-refractivity contribution in [1.82, 2.24) is 15.0 Å². The van der Waals surface area contributed by atoms with E-state index in [9.17, 15) is 14.0 Å². The summed E-state index contributed by atoms with van der Waals surface area (Å²) in [4.78, 5) is 28.4. The molecule has 1 N–H and O–H groups in total. The summed E-state index contributed by atoms with van der Waals surface area (Å²) in [5, 5.41) is 12.7. The third-order valence-corrected chi connectivity index (χ3v) is 3.85. The first-order chi connectivity index (χ1) is 11.8. The third-order valence-electron chi connectivity index (χ3n) is 3.85.